The molecular weight excluding hydrogens is 715 g/mol. The van der Waals surface area contributed by atoms with Crippen molar-refractivity contribution < 1.29 is 20.1 Å². The standard InChI is InChI=1S/C53H101NO4/c1-3-5-7-9-11-13-15-17-19-21-23-25-27-29-31-33-35-37-39-41-43-45-47-52(57)51(49-55)54-53(58)48-50(56)46-44-42-40-38-36-34-32-30-28-26-24-22-20-18-16-14-12-10-8-6-4-2/h30,32,37,39,45,47,50-52,55-57H,3-29,31,33-36,38,40-44,46,48-49H2,1-2H3,(H,54,58)/b32-30-,39-37+,47-45+. The van der Waals surface area contributed by atoms with E-state index in [9.17, 15) is 20.1 Å². The van der Waals surface area contributed by atoms with Crippen LogP contribution in [0.4, 0.5) is 0 Å². The maximum Gasteiger partial charge on any atom is 0.222 e. The Hall–Kier alpha value is -1.43. The molecule has 0 fully saturated rings. The van der Waals surface area contributed by atoms with E-state index in [1.165, 1.54) is 199 Å². The summed E-state index contributed by atoms with van der Waals surface area (Å²) in [6.45, 7) is 4.22. The largest absolute Gasteiger partial charge is 0.394 e. The fraction of sp³-hybridized carbons (Fsp3) is 0.868. The van der Waals surface area contributed by atoms with Gasteiger partial charge in [0.05, 0.1) is 31.3 Å². The predicted molar refractivity (Wildman–Crippen MR) is 254 cm³/mol. The summed E-state index contributed by atoms with van der Waals surface area (Å²) in [5.74, 6) is -0.327. The van der Waals surface area contributed by atoms with Crippen LogP contribution in [0.5, 0.6) is 0 Å². The topological polar surface area (TPSA) is 89.8 Å². The lowest BCUT2D eigenvalue weighted by Crippen LogP contribution is -2.45. The Labute approximate surface area is 362 Å². The van der Waals surface area contributed by atoms with Crippen molar-refractivity contribution in [2.24, 2.45) is 0 Å². The third-order valence-electron chi connectivity index (χ3n) is 11.9. The average Bonchev–Trinajstić information content (AvgIpc) is 3.22. The van der Waals surface area contributed by atoms with E-state index in [1.807, 2.05) is 6.08 Å². The minimum absolute atomic E-state index is 0.00111. The molecule has 0 saturated carbocycles. The highest BCUT2D eigenvalue weighted by Gasteiger charge is 2.20. The fourth-order valence-corrected chi connectivity index (χ4v) is 7.94. The zero-order valence-corrected chi connectivity index (χ0v) is 38.9. The normalized spacial score (nSPS) is 13.7. The summed E-state index contributed by atoms with van der Waals surface area (Å²) >= 11 is 0. The van der Waals surface area contributed by atoms with Crippen LogP contribution in [0.25, 0.3) is 0 Å². The molecule has 0 aliphatic rings. The molecule has 0 bridgehead atoms. The first-order valence-corrected chi connectivity index (χ1v) is 25.8. The number of unbranched alkanes of at least 4 members (excludes halogenated alkanes) is 34. The minimum Gasteiger partial charge on any atom is -0.394 e. The van der Waals surface area contributed by atoms with E-state index in [1.54, 1.807) is 6.08 Å². The lowest BCUT2D eigenvalue weighted by Gasteiger charge is -2.20. The first kappa shape index (κ1) is 56.6. The van der Waals surface area contributed by atoms with Gasteiger partial charge in [-0.15, -0.1) is 0 Å². The Morgan fingerprint density at radius 3 is 1.10 bits per heavy atom. The molecule has 0 radical (unpaired) electrons. The van der Waals surface area contributed by atoms with Gasteiger partial charge in [0.15, 0.2) is 0 Å². The van der Waals surface area contributed by atoms with Crippen molar-refractivity contribution in [2.75, 3.05) is 6.61 Å². The second-order valence-electron chi connectivity index (χ2n) is 17.8. The zero-order chi connectivity index (χ0) is 42.3. The summed E-state index contributed by atoms with van der Waals surface area (Å²) in [5, 5.41) is 33.3. The first-order chi connectivity index (χ1) is 28.5. The molecule has 0 aliphatic carbocycles. The lowest BCUT2D eigenvalue weighted by molar-refractivity contribution is -0.124. The van der Waals surface area contributed by atoms with Crippen molar-refractivity contribution >= 4 is 5.91 Å². The molecule has 342 valence electrons. The number of carbonyl (C=O) groups excluding carboxylic acids is 1. The SMILES string of the molecule is CCCCCCCCCCCCCC/C=C\CCCCCCCC(O)CC(=O)NC(CO)C(O)/C=C/CC/C=C/CCCCCCCCCCCCCCCCCC. The van der Waals surface area contributed by atoms with Crippen LogP contribution in [0.3, 0.4) is 0 Å². The number of allylic oxidation sites excluding steroid dienone is 5. The van der Waals surface area contributed by atoms with Gasteiger partial charge in [-0.05, 0) is 57.8 Å². The summed E-state index contributed by atoms with van der Waals surface area (Å²) in [5.41, 5.74) is 0. The third kappa shape index (κ3) is 44.1. The molecule has 0 aromatic rings. The maximum atomic E-state index is 12.5. The number of aliphatic hydroxyl groups is 3. The van der Waals surface area contributed by atoms with E-state index in [-0.39, 0.29) is 18.9 Å². The van der Waals surface area contributed by atoms with Gasteiger partial charge in [0.2, 0.25) is 5.91 Å². The summed E-state index contributed by atoms with van der Waals surface area (Å²) in [7, 11) is 0. The van der Waals surface area contributed by atoms with E-state index in [4.69, 9.17) is 0 Å². The summed E-state index contributed by atoms with van der Waals surface area (Å²) in [4.78, 5) is 12.5. The van der Waals surface area contributed by atoms with E-state index in [0.29, 0.717) is 6.42 Å². The highest BCUT2D eigenvalue weighted by atomic mass is 16.3. The number of carbonyl (C=O) groups is 1. The average molecular weight is 816 g/mol. The molecule has 0 aliphatic heterocycles. The summed E-state index contributed by atoms with van der Waals surface area (Å²) in [6.07, 6.45) is 61.7. The number of hydrogen-bond donors (Lipinski definition) is 4. The first-order valence-electron chi connectivity index (χ1n) is 25.8. The number of aliphatic hydroxyl groups excluding tert-OH is 3. The quantitative estimate of drug-likeness (QED) is 0.0364. The van der Waals surface area contributed by atoms with Gasteiger partial charge in [-0.3, -0.25) is 4.79 Å². The van der Waals surface area contributed by atoms with Crippen molar-refractivity contribution in [3.05, 3.63) is 36.5 Å². The Balaban J connectivity index is 3.66. The molecule has 5 heteroatoms. The molecule has 0 rings (SSSR count). The molecule has 5 nitrogen and oxygen atoms in total. The van der Waals surface area contributed by atoms with Crippen LogP contribution in [-0.4, -0.2) is 46.1 Å². The van der Waals surface area contributed by atoms with Crippen LogP contribution < -0.4 is 5.32 Å². The molecule has 3 unspecified atom stereocenters. The highest BCUT2D eigenvalue weighted by Crippen LogP contribution is 2.16. The van der Waals surface area contributed by atoms with Gasteiger partial charge in [-0.25, -0.2) is 0 Å². The molecule has 0 heterocycles. The molecule has 0 aromatic carbocycles. The van der Waals surface area contributed by atoms with Crippen LogP contribution >= 0.6 is 0 Å². The van der Waals surface area contributed by atoms with Gasteiger partial charge >= 0.3 is 0 Å². The molecule has 3 atom stereocenters. The zero-order valence-electron chi connectivity index (χ0n) is 38.9. The van der Waals surface area contributed by atoms with Crippen molar-refractivity contribution in [3.8, 4) is 0 Å². The fourth-order valence-electron chi connectivity index (χ4n) is 7.94. The molecule has 0 aromatic heterocycles. The molecule has 4 N–H and O–H groups in total. The maximum absolute atomic E-state index is 12.5. The molecule has 1 amide bonds. The Bertz CT molecular complexity index is 901. The number of nitrogens with one attached hydrogen (secondary N) is 1. The van der Waals surface area contributed by atoms with Crippen LogP contribution in [0.1, 0.15) is 271 Å². The summed E-state index contributed by atoms with van der Waals surface area (Å²) in [6, 6.07) is -0.764. The molecule has 0 spiro atoms. The van der Waals surface area contributed by atoms with E-state index in [2.05, 4.69) is 43.5 Å². The third-order valence-corrected chi connectivity index (χ3v) is 11.9. The van der Waals surface area contributed by atoms with Gasteiger partial charge in [0.25, 0.3) is 0 Å². The van der Waals surface area contributed by atoms with Gasteiger partial charge in [0, 0.05) is 0 Å². The molecular formula is C53H101NO4. The van der Waals surface area contributed by atoms with E-state index < -0.39 is 18.2 Å². The Morgan fingerprint density at radius 1 is 0.431 bits per heavy atom. The van der Waals surface area contributed by atoms with Crippen LogP contribution in [-0.2, 0) is 4.79 Å². The van der Waals surface area contributed by atoms with Crippen LogP contribution in [0, 0.1) is 0 Å². The molecule has 0 saturated heterocycles. The van der Waals surface area contributed by atoms with Crippen molar-refractivity contribution in [1.29, 1.82) is 0 Å². The predicted octanol–water partition coefficient (Wildman–Crippen LogP) is 15.5. The Kier molecular flexibility index (Phi) is 47.0. The van der Waals surface area contributed by atoms with Gasteiger partial charge in [0.1, 0.15) is 0 Å². The number of amides is 1. The van der Waals surface area contributed by atoms with Gasteiger partial charge in [-0.1, -0.05) is 243 Å². The lowest BCUT2D eigenvalue weighted by atomic mass is 10.0. The minimum atomic E-state index is -0.954. The smallest absolute Gasteiger partial charge is 0.222 e. The van der Waals surface area contributed by atoms with Gasteiger partial charge in [-0.2, -0.15) is 0 Å². The van der Waals surface area contributed by atoms with E-state index in [0.717, 1.165) is 44.9 Å². The second-order valence-corrected chi connectivity index (χ2v) is 17.8. The van der Waals surface area contributed by atoms with Crippen molar-refractivity contribution in [3.63, 3.8) is 0 Å². The van der Waals surface area contributed by atoms with Crippen LogP contribution in [0.15, 0.2) is 36.5 Å². The second kappa shape index (κ2) is 48.2. The van der Waals surface area contributed by atoms with Crippen molar-refractivity contribution in [1.82, 2.24) is 5.32 Å². The van der Waals surface area contributed by atoms with Crippen molar-refractivity contribution in [2.45, 2.75) is 289 Å². The monoisotopic (exact) mass is 816 g/mol. The Morgan fingerprint density at radius 2 is 0.741 bits per heavy atom. The number of rotatable bonds is 47. The molecule has 58 heavy (non-hydrogen) atoms. The van der Waals surface area contributed by atoms with E-state index >= 15 is 0 Å². The summed E-state index contributed by atoms with van der Waals surface area (Å²) < 4.78 is 0. The van der Waals surface area contributed by atoms with Gasteiger partial charge < -0.3 is 20.6 Å². The number of hydrogen-bond acceptors (Lipinski definition) is 4. The highest BCUT2D eigenvalue weighted by molar-refractivity contribution is 5.76. The van der Waals surface area contributed by atoms with Crippen LogP contribution in [0.2, 0.25) is 0 Å².